The summed E-state index contributed by atoms with van der Waals surface area (Å²) in [5, 5.41) is 4.17. The van der Waals surface area contributed by atoms with E-state index in [2.05, 4.69) is 22.1 Å². The van der Waals surface area contributed by atoms with Crippen LogP contribution in [-0.2, 0) is 0 Å². The van der Waals surface area contributed by atoms with Crippen LogP contribution in [0.15, 0.2) is 54.9 Å². The predicted octanol–water partition coefficient (Wildman–Crippen LogP) is 4.37. The second kappa shape index (κ2) is 6.88. The van der Waals surface area contributed by atoms with Crippen LogP contribution < -0.4 is 4.90 Å². The van der Waals surface area contributed by atoms with Crippen LogP contribution in [-0.4, -0.2) is 34.4 Å². The van der Waals surface area contributed by atoms with Crippen molar-refractivity contribution in [3.05, 3.63) is 66.5 Å². The zero-order chi connectivity index (χ0) is 17.2. The van der Waals surface area contributed by atoms with Gasteiger partial charge in [-0.05, 0) is 29.8 Å². The number of benzene rings is 2. The Labute approximate surface area is 149 Å². The average Bonchev–Trinajstić information content (AvgIpc) is 3.14. The Balaban J connectivity index is 1.58. The molecule has 3 nitrogen and oxygen atoms in total. The van der Waals surface area contributed by atoms with E-state index < -0.39 is 11.6 Å². The zero-order valence-electron chi connectivity index (χ0n) is 13.5. The molecule has 2 aromatic carbocycles. The fourth-order valence-electron chi connectivity index (χ4n) is 2.95. The highest BCUT2D eigenvalue weighted by atomic mass is 32.2. The Morgan fingerprint density at radius 1 is 0.920 bits per heavy atom. The minimum Gasteiger partial charge on any atom is -0.370 e. The van der Waals surface area contributed by atoms with E-state index in [0.717, 1.165) is 53.9 Å². The second-order valence-electron chi connectivity index (χ2n) is 5.92. The van der Waals surface area contributed by atoms with Crippen molar-refractivity contribution >= 4 is 17.4 Å². The molecule has 0 atom stereocenters. The Kier molecular flexibility index (Phi) is 4.44. The number of thioether (sulfide) groups is 1. The third-order valence-electron chi connectivity index (χ3n) is 4.31. The number of anilines is 1. The Morgan fingerprint density at radius 3 is 2.44 bits per heavy atom. The third kappa shape index (κ3) is 3.39. The number of halogens is 2. The average molecular weight is 357 g/mol. The quantitative estimate of drug-likeness (QED) is 0.694. The van der Waals surface area contributed by atoms with Gasteiger partial charge in [-0.2, -0.15) is 16.9 Å². The van der Waals surface area contributed by atoms with Crippen molar-refractivity contribution in [2.24, 2.45) is 0 Å². The molecule has 0 radical (unpaired) electrons. The summed E-state index contributed by atoms with van der Waals surface area (Å²) in [5.41, 5.74) is 3.18. The topological polar surface area (TPSA) is 21.1 Å². The highest BCUT2D eigenvalue weighted by Gasteiger charge is 2.12. The summed E-state index contributed by atoms with van der Waals surface area (Å²) in [4.78, 5) is 2.38. The second-order valence-corrected chi connectivity index (χ2v) is 7.14. The summed E-state index contributed by atoms with van der Waals surface area (Å²) >= 11 is 1.99. The first-order valence-electron chi connectivity index (χ1n) is 8.14. The van der Waals surface area contributed by atoms with Gasteiger partial charge in [0.15, 0.2) is 0 Å². The van der Waals surface area contributed by atoms with Gasteiger partial charge in [0.25, 0.3) is 0 Å². The molecule has 1 aromatic heterocycles. The number of hydrogen-bond acceptors (Lipinski definition) is 3. The Hall–Kier alpha value is -2.34. The van der Waals surface area contributed by atoms with Crippen LogP contribution in [0.4, 0.5) is 14.5 Å². The predicted molar refractivity (Wildman–Crippen MR) is 98.5 cm³/mol. The van der Waals surface area contributed by atoms with Gasteiger partial charge in [-0.3, -0.25) is 0 Å². The fourth-order valence-corrected chi connectivity index (χ4v) is 3.85. The minimum absolute atomic E-state index is 0.105. The first-order valence-corrected chi connectivity index (χ1v) is 9.29. The van der Waals surface area contributed by atoms with Crippen molar-refractivity contribution in [2.75, 3.05) is 29.5 Å². The number of hydrogen-bond donors (Lipinski definition) is 0. The number of rotatable bonds is 3. The van der Waals surface area contributed by atoms with Gasteiger partial charge in [0.2, 0.25) is 0 Å². The minimum atomic E-state index is -0.505. The van der Waals surface area contributed by atoms with Gasteiger partial charge in [0.05, 0.1) is 6.20 Å². The van der Waals surface area contributed by atoms with Crippen molar-refractivity contribution in [3.63, 3.8) is 0 Å². The fraction of sp³-hybridized carbons (Fsp3) is 0.211. The molecule has 0 unspecified atom stereocenters. The lowest BCUT2D eigenvalue weighted by atomic mass is 10.1. The third-order valence-corrected chi connectivity index (χ3v) is 5.26. The van der Waals surface area contributed by atoms with Crippen LogP contribution in [0, 0.1) is 11.6 Å². The van der Waals surface area contributed by atoms with Crippen LogP contribution in [0.25, 0.3) is 16.8 Å². The van der Waals surface area contributed by atoms with Crippen LogP contribution in [0.1, 0.15) is 0 Å². The van der Waals surface area contributed by atoms with Crippen molar-refractivity contribution < 1.29 is 8.78 Å². The molecule has 0 bridgehead atoms. The maximum Gasteiger partial charge on any atom is 0.149 e. The molecule has 25 heavy (non-hydrogen) atoms. The molecular weight excluding hydrogens is 340 g/mol. The van der Waals surface area contributed by atoms with Crippen molar-refractivity contribution in [2.45, 2.75) is 0 Å². The van der Waals surface area contributed by atoms with Crippen LogP contribution >= 0.6 is 11.8 Å². The summed E-state index contributed by atoms with van der Waals surface area (Å²) in [5.74, 6) is 1.33. The van der Waals surface area contributed by atoms with E-state index in [0.29, 0.717) is 0 Å². The summed E-state index contributed by atoms with van der Waals surface area (Å²) < 4.78 is 28.6. The van der Waals surface area contributed by atoms with Gasteiger partial charge in [-0.1, -0.05) is 12.1 Å². The molecule has 0 N–H and O–H groups in total. The zero-order valence-corrected chi connectivity index (χ0v) is 14.3. The molecule has 6 heteroatoms. The van der Waals surface area contributed by atoms with Gasteiger partial charge in [-0.15, -0.1) is 0 Å². The van der Waals surface area contributed by atoms with E-state index in [-0.39, 0.29) is 5.69 Å². The van der Waals surface area contributed by atoms with Crippen LogP contribution in [0.5, 0.6) is 0 Å². The summed E-state index contributed by atoms with van der Waals surface area (Å²) in [6.07, 6.45) is 3.38. The molecule has 0 amide bonds. The van der Waals surface area contributed by atoms with Crippen molar-refractivity contribution in [3.8, 4) is 16.8 Å². The molecule has 0 aliphatic carbocycles. The molecule has 4 rings (SSSR count). The lowest BCUT2D eigenvalue weighted by molar-refractivity contribution is 0.587. The first kappa shape index (κ1) is 16.1. The Morgan fingerprint density at radius 2 is 1.68 bits per heavy atom. The molecular formula is C19H17F2N3S. The van der Waals surface area contributed by atoms with E-state index in [1.54, 1.807) is 12.4 Å². The summed E-state index contributed by atoms with van der Waals surface area (Å²) in [6.45, 7) is 2.14. The van der Waals surface area contributed by atoms with E-state index >= 15 is 0 Å². The van der Waals surface area contributed by atoms with E-state index in [4.69, 9.17) is 0 Å². The summed E-state index contributed by atoms with van der Waals surface area (Å²) in [6, 6.07) is 11.6. The van der Waals surface area contributed by atoms with Crippen LogP contribution in [0.2, 0.25) is 0 Å². The first-order chi connectivity index (χ1) is 12.2. The van der Waals surface area contributed by atoms with Crippen molar-refractivity contribution in [1.82, 2.24) is 9.78 Å². The molecule has 1 aliphatic rings. The van der Waals surface area contributed by atoms with Gasteiger partial charge < -0.3 is 4.90 Å². The van der Waals surface area contributed by atoms with Gasteiger partial charge >= 0.3 is 0 Å². The lowest BCUT2D eigenvalue weighted by Crippen LogP contribution is -2.32. The van der Waals surface area contributed by atoms with Gasteiger partial charge in [-0.25, -0.2) is 13.5 Å². The monoisotopic (exact) mass is 357 g/mol. The van der Waals surface area contributed by atoms with Crippen LogP contribution in [0.3, 0.4) is 0 Å². The molecule has 128 valence electrons. The Bertz CT molecular complexity index is 871. The molecule has 3 aromatic rings. The largest absolute Gasteiger partial charge is 0.370 e. The van der Waals surface area contributed by atoms with E-state index in [9.17, 15) is 8.78 Å². The number of aromatic nitrogens is 2. The number of nitrogens with zero attached hydrogens (tertiary/aromatic N) is 3. The lowest BCUT2D eigenvalue weighted by Gasteiger charge is -2.28. The molecule has 1 saturated heterocycles. The molecule has 0 saturated carbocycles. The maximum absolute atomic E-state index is 13.9. The highest BCUT2D eigenvalue weighted by molar-refractivity contribution is 7.99. The summed E-state index contributed by atoms with van der Waals surface area (Å²) in [7, 11) is 0. The smallest absolute Gasteiger partial charge is 0.149 e. The van der Waals surface area contributed by atoms with Gasteiger partial charge in [0.1, 0.15) is 17.3 Å². The molecule has 2 heterocycles. The van der Waals surface area contributed by atoms with E-state index in [1.807, 2.05) is 23.9 Å². The van der Waals surface area contributed by atoms with Gasteiger partial charge in [0, 0.05) is 48.1 Å². The SMILES string of the molecule is Fc1ccc(F)c(-n2cc(-c3ccc(N4CCSCC4)cc3)cn2)c1. The van der Waals surface area contributed by atoms with Crippen molar-refractivity contribution in [1.29, 1.82) is 0 Å². The van der Waals surface area contributed by atoms with E-state index in [1.165, 1.54) is 10.4 Å². The standard InChI is InChI=1S/C19H17F2N3S/c20-16-3-6-18(21)19(11-16)24-13-15(12-22-24)14-1-4-17(5-2-14)23-7-9-25-10-8-23/h1-6,11-13H,7-10H2. The highest BCUT2D eigenvalue weighted by Crippen LogP contribution is 2.26. The molecule has 1 fully saturated rings. The molecule has 0 spiro atoms. The normalized spacial score (nSPS) is 14.7. The molecule has 1 aliphatic heterocycles. The maximum atomic E-state index is 13.9.